The molecule has 0 saturated carbocycles. The fourth-order valence-electron chi connectivity index (χ4n) is 1.13. The molecule has 1 heterocycles. The minimum Gasteiger partial charge on any atom is -0.394 e. The highest BCUT2D eigenvalue weighted by Crippen LogP contribution is 2.12. The molecule has 0 fully saturated rings. The second-order valence-corrected chi connectivity index (χ2v) is 5.68. The van der Waals surface area contributed by atoms with Crippen molar-refractivity contribution >= 4 is 10.0 Å². The molecule has 0 atom stereocenters. The highest BCUT2D eigenvalue weighted by Gasteiger charge is 2.29. The van der Waals surface area contributed by atoms with Crippen molar-refractivity contribution in [3.63, 3.8) is 0 Å². The molecule has 0 saturated heterocycles. The lowest BCUT2D eigenvalue weighted by Gasteiger charge is -2.25. The summed E-state index contributed by atoms with van der Waals surface area (Å²) in [7, 11) is -2.01. The van der Waals surface area contributed by atoms with E-state index < -0.39 is 28.8 Å². The van der Waals surface area contributed by atoms with Gasteiger partial charge < -0.3 is 14.8 Å². The Morgan fingerprint density at radius 1 is 1.44 bits per heavy atom. The van der Waals surface area contributed by atoms with Gasteiger partial charge in [0.05, 0.1) is 23.6 Å². The Morgan fingerprint density at radius 3 is 2.38 bits per heavy atom. The van der Waals surface area contributed by atoms with Crippen LogP contribution in [0.4, 0.5) is 0 Å². The van der Waals surface area contributed by atoms with E-state index in [0.29, 0.717) is 0 Å². The first-order valence-corrected chi connectivity index (χ1v) is 6.19. The molecule has 0 spiro atoms. The highest BCUT2D eigenvalue weighted by molar-refractivity contribution is 7.89. The number of sulfonamides is 1. The zero-order chi connectivity index (χ0) is 12.4. The van der Waals surface area contributed by atoms with Gasteiger partial charge in [0.2, 0.25) is 10.0 Å². The SMILES string of the molecule is Cn1ccc(S(=O)(=O)NC(C)(CO)CO)c1. The second-order valence-electron chi connectivity index (χ2n) is 4.00. The number of nitrogens with one attached hydrogen (secondary N) is 1. The van der Waals surface area contributed by atoms with Crippen molar-refractivity contribution in [2.24, 2.45) is 7.05 Å². The Labute approximate surface area is 94.6 Å². The van der Waals surface area contributed by atoms with Crippen LogP contribution in [-0.4, -0.2) is 42.0 Å². The summed E-state index contributed by atoms with van der Waals surface area (Å²) in [5.41, 5.74) is -1.26. The first-order chi connectivity index (χ1) is 7.33. The molecule has 3 N–H and O–H groups in total. The van der Waals surface area contributed by atoms with Crippen molar-refractivity contribution < 1.29 is 18.6 Å². The van der Waals surface area contributed by atoms with Crippen LogP contribution in [0.25, 0.3) is 0 Å². The Hall–Kier alpha value is -0.890. The number of aromatic nitrogens is 1. The summed E-state index contributed by atoms with van der Waals surface area (Å²) in [6, 6.07) is 1.44. The van der Waals surface area contributed by atoms with Crippen molar-refractivity contribution in [3.8, 4) is 0 Å². The Balaban J connectivity index is 2.96. The average Bonchev–Trinajstić information content (AvgIpc) is 2.65. The topological polar surface area (TPSA) is 91.6 Å². The predicted molar refractivity (Wildman–Crippen MR) is 58.3 cm³/mol. The van der Waals surface area contributed by atoms with E-state index in [-0.39, 0.29) is 4.90 Å². The molecule has 0 amide bonds. The van der Waals surface area contributed by atoms with Gasteiger partial charge in [0.25, 0.3) is 0 Å². The van der Waals surface area contributed by atoms with Crippen LogP contribution in [0.1, 0.15) is 6.92 Å². The number of hydrogen-bond donors (Lipinski definition) is 3. The first kappa shape index (κ1) is 13.2. The quantitative estimate of drug-likeness (QED) is 0.626. The molecule has 1 rings (SSSR count). The van der Waals surface area contributed by atoms with Gasteiger partial charge in [-0.1, -0.05) is 0 Å². The molecule has 92 valence electrons. The summed E-state index contributed by atoms with van der Waals surface area (Å²) in [5, 5.41) is 18.0. The molecule has 16 heavy (non-hydrogen) atoms. The number of aryl methyl sites for hydroxylation is 1. The molecule has 0 bridgehead atoms. The standard InChI is InChI=1S/C9H16N2O4S/c1-9(6-12,7-13)10-16(14,15)8-3-4-11(2)5-8/h3-5,10,12-13H,6-7H2,1-2H3. The van der Waals surface area contributed by atoms with Crippen molar-refractivity contribution in [1.29, 1.82) is 0 Å². The van der Waals surface area contributed by atoms with Crippen molar-refractivity contribution in [2.45, 2.75) is 17.4 Å². The lowest BCUT2D eigenvalue weighted by atomic mass is 10.1. The molecule has 1 aromatic heterocycles. The molecule has 6 nitrogen and oxygen atoms in total. The van der Waals surface area contributed by atoms with Crippen LogP contribution in [0.15, 0.2) is 23.4 Å². The van der Waals surface area contributed by atoms with Gasteiger partial charge in [-0.2, -0.15) is 0 Å². The second kappa shape index (κ2) is 4.54. The fourth-order valence-corrected chi connectivity index (χ4v) is 2.58. The maximum Gasteiger partial charge on any atom is 0.242 e. The van der Waals surface area contributed by atoms with Crippen LogP contribution in [0, 0.1) is 0 Å². The molecule has 1 aromatic rings. The van der Waals surface area contributed by atoms with E-state index in [9.17, 15) is 8.42 Å². The van der Waals surface area contributed by atoms with Gasteiger partial charge in [0.15, 0.2) is 0 Å². The average molecular weight is 248 g/mol. The van der Waals surface area contributed by atoms with Gasteiger partial charge >= 0.3 is 0 Å². The monoisotopic (exact) mass is 248 g/mol. The molecule has 7 heteroatoms. The minimum atomic E-state index is -3.71. The van der Waals surface area contributed by atoms with Crippen LogP contribution >= 0.6 is 0 Å². The zero-order valence-corrected chi connectivity index (χ0v) is 10.0. The van der Waals surface area contributed by atoms with Crippen LogP contribution in [0.2, 0.25) is 0 Å². The van der Waals surface area contributed by atoms with E-state index >= 15 is 0 Å². The van der Waals surface area contributed by atoms with Gasteiger partial charge in [-0.05, 0) is 13.0 Å². The maximum absolute atomic E-state index is 11.8. The van der Waals surface area contributed by atoms with Crippen LogP contribution < -0.4 is 4.72 Å². The number of hydrogen-bond acceptors (Lipinski definition) is 4. The minimum absolute atomic E-state index is 0.100. The molecular formula is C9H16N2O4S. The van der Waals surface area contributed by atoms with Gasteiger partial charge in [0, 0.05) is 19.4 Å². The Morgan fingerprint density at radius 2 is 2.00 bits per heavy atom. The van der Waals surface area contributed by atoms with Crippen molar-refractivity contribution in [3.05, 3.63) is 18.5 Å². The van der Waals surface area contributed by atoms with Crippen molar-refractivity contribution in [2.75, 3.05) is 13.2 Å². The number of rotatable bonds is 5. The normalized spacial score (nSPS) is 13.0. The number of aliphatic hydroxyl groups is 2. The van der Waals surface area contributed by atoms with E-state index in [1.807, 2.05) is 0 Å². The molecular weight excluding hydrogens is 232 g/mol. The highest BCUT2D eigenvalue weighted by atomic mass is 32.2. The summed E-state index contributed by atoms with van der Waals surface area (Å²) in [4.78, 5) is 0.100. The number of aliphatic hydroxyl groups excluding tert-OH is 2. The summed E-state index contributed by atoms with van der Waals surface area (Å²) >= 11 is 0. The lowest BCUT2D eigenvalue weighted by Crippen LogP contribution is -2.51. The third-order valence-corrected chi connectivity index (χ3v) is 3.82. The zero-order valence-electron chi connectivity index (χ0n) is 9.21. The molecule has 0 aliphatic heterocycles. The predicted octanol–water partition coefficient (Wildman–Crippen LogP) is -0.953. The summed E-state index contributed by atoms with van der Waals surface area (Å²) in [6.45, 7) is 0.471. The maximum atomic E-state index is 11.8. The smallest absolute Gasteiger partial charge is 0.242 e. The summed E-state index contributed by atoms with van der Waals surface area (Å²) in [5.74, 6) is 0. The van der Waals surface area contributed by atoms with Crippen LogP contribution in [0.3, 0.4) is 0 Å². The Kier molecular flexibility index (Phi) is 3.74. The lowest BCUT2D eigenvalue weighted by molar-refractivity contribution is 0.122. The molecule has 0 aromatic carbocycles. The van der Waals surface area contributed by atoms with E-state index in [0.717, 1.165) is 0 Å². The van der Waals surface area contributed by atoms with E-state index in [2.05, 4.69) is 4.72 Å². The summed E-state index contributed by atoms with van der Waals surface area (Å²) in [6.07, 6.45) is 3.04. The molecule has 0 radical (unpaired) electrons. The van der Waals surface area contributed by atoms with Gasteiger partial charge in [-0.15, -0.1) is 0 Å². The van der Waals surface area contributed by atoms with E-state index in [4.69, 9.17) is 10.2 Å². The van der Waals surface area contributed by atoms with Crippen LogP contribution in [0.5, 0.6) is 0 Å². The van der Waals surface area contributed by atoms with E-state index in [1.54, 1.807) is 17.8 Å². The largest absolute Gasteiger partial charge is 0.394 e. The van der Waals surface area contributed by atoms with Crippen molar-refractivity contribution in [1.82, 2.24) is 9.29 Å². The third-order valence-electron chi connectivity index (χ3n) is 2.19. The molecule has 0 aliphatic carbocycles. The first-order valence-electron chi connectivity index (χ1n) is 4.71. The van der Waals surface area contributed by atoms with Gasteiger partial charge in [-0.3, -0.25) is 0 Å². The number of nitrogens with zero attached hydrogens (tertiary/aromatic N) is 1. The van der Waals surface area contributed by atoms with Gasteiger partial charge in [0.1, 0.15) is 0 Å². The molecule has 0 aliphatic rings. The Bertz CT molecular complexity index is 448. The fraction of sp³-hybridized carbons (Fsp3) is 0.556. The summed E-state index contributed by atoms with van der Waals surface area (Å²) < 4.78 is 27.5. The van der Waals surface area contributed by atoms with Gasteiger partial charge in [-0.25, -0.2) is 13.1 Å². The molecule has 0 unspecified atom stereocenters. The van der Waals surface area contributed by atoms with E-state index in [1.165, 1.54) is 19.2 Å². The van der Waals surface area contributed by atoms with Crippen LogP contribution in [-0.2, 0) is 17.1 Å². The third kappa shape index (κ3) is 2.82.